The minimum atomic E-state index is -3.22. The number of carbonyl (C=O) groups excluding carboxylic acids is 4. The van der Waals surface area contributed by atoms with Crippen molar-refractivity contribution in [1.29, 1.82) is 0 Å². The molecule has 0 unspecified atom stereocenters. The molecule has 4 rings (SSSR count). The van der Waals surface area contributed by atoms with E-state index < -0.39 is 40.4 Å². The number of hydrogen-bond donors (Lipinski definition) is 3. The molecule has 3 aliphatic rings. The first-order valence-electron chi connectivity index (χ1n) is 12.9. The van der Waals surface area contributed by atoms with Crippen molar-refractivity contribution < 1.29 is 34.0 Å². The van der Waals surface area contributed by atoms with Gasteiger partial charge in [-0.15, -0.1) is 0 Å². The van der Waals surface area contributed by atoms with Crippen molar-refractivity contribution in [1.82, 2.24) is 30.0 Å². The van der Waals surface area contributed by atoms with Gasteiger partial charge in [-0.3, -0.25) is 38.7 Å². The highest BCUT2D eigenvalue weighted by Crippen LogP contribution is 2.61. The van der Waals surface area contributed by atoms with Gasteiger partial charge in [0, 0.05) is 31.2 Å². The van der Waals surface area contributed by atoms with Crippen LogP contribution in [0, 0.1) is 0 Å². The minimum Gasteiger partial charge on any atom is -0.444 e. The lowest BCUT2D eigenvalue weighted by molar-refractivity contribution is -0.138. The van der Waals surface area contributed by atoms with Crippen LogP contribution in [0.15, 0.2) is 15.7 Å². The molecule has 244 valence electrons. The number of aromatic amines is 1. The molecule has 1 aromatic heterocycles. The molecule has 1 aromatic rings. The number of urea groups is 1. The Morgan fingerprint density at radius 1 is 0.977 bits per heavy atom. The summed E-state index contributed by atoms with van der Waals surface area (Å²) in [5, 5.41) is 2.20. The van der Waals surface area contributed by atoms with E-state index in [0.29, 0.717) is 25.9 Å². The Kier molecular flexibility index (Phi) is 15.2. The van der Waals surface area contributed by atoms with Gasteiger partial charge in [0.2, 0.25) is 11.8 Å². The molecule has 5 N–H and O–H groups in total. The largest absolute Gasteiger partial charge is 0.444 e. The molecule has 20 heteroatoms. The number of nitrogens with one attached hydrogen (secondary N) is 3. The van der Waals surface area contributed by atoms with Gasteiger partial charge in [-0.2, -0.15) is 0 Å². The molecule has 5 amide bonds. The monoisotopic (exact) mass is 710 g/mol. The van der Waals surface area contributed by atoms with Crippen LogP contribution in [0.5, 0.6) is 0 Å². The maximum Gasteiger partial charge on any atom is 0.410 e. The Hall–Kier alpha value is -2.13. The maximum atomic E-state index is 12.0. The molecule has 0 radical (unpaired) electrons. The van der Waals surface area contributed by atoms with Crippen molar-refractivity contribution in [2.24, 2.45) is 0 Å². The van der Waals surface area contributed by atoms with Gasteiger partial charge in [0.05, 0.1) is 0 Å². The number of halogens is 4. The van der Waals surface area contributed by atoms with Gasteiger partial charge in [0.25, 0.3) is 5.56 Å². The van der Waals surface area contributed by atoms with E-state index in [-0.39, 0.29) is 34.7 Å². The fourth-order valence-electron chi connectivity index (χ4n) is 4.45. The summed E-state index contributed by atoms with van der Waals surface area (Å²) in [6.45, 7) is 7.87. The number of imide groups is 2. The summed E-state index contributed by atoms with van der Waals surface area (Å²) in [6, 6.07) is 0.265. The Balaban J connectivity index is 0.000000381. The van der Waals surface area contributed by atoms with Crippen LogP contribution >= 0.6 is 50.5 Å². The van der Waals surface area contributed by atoms with Crippen molar-refractivity contribution in [3.05, 3.63) is 32.1 Å². The number of H-pyrrole nitrogens is 1. The van der Waals surface area contributed by atoms with Crippen LogP contribution in [-0.2, 0) is 18.9 Å². The Labute approximate surface area is 266 Å². The van der Waals surface area contributed by atoms with Crippen molar-refractivity contribution in [3.63, 3.8) is 0 Å². The number of hydrogen-bond acceptors (Lipinski definition) is 9. The highest BCUT2D eigenvalue weighted by atomic mass is 36.0. The fraction of sp³-hybridized carbons (Fsp3) is 0.652. The first kappa shape index (κ1) is 38.9. The molecule has 0 atom stereocenters. The average Bonchev–Trinajstić information content (AvgIpc) is 2.82. The minimum absolute atomic E-state index is 0. The van der Waals surface area contributed by atoms with Crippen molar-refractivity contribution in [2.45, 2.75) is 70.6 Å². The van der Waals surface area contributed by atoms with Crippen molar-refractivity contribution >= 4 is 74.5 Å². The van der Waals surface area contributed by atoms with Crippen molar-refractivity contribution in [3.8, 4) is 0 Å². The Morgan fingerprint density at radius 2 is 1.51 bits per heavy atom. The van der Waals surface area contributed by atoms with Gasteiger partial charge < -0.3 is 20.4 Å². The van der Waals surface area contributed by atoms with Crippen LogP contribution in [0.25, 0.3) is 0 Å². The maximum absolute atomic E-state index is 12.0. The summed E-state index contributed by atoms with van der Waals surface area (Å²) in [4.78, 5) is 75.0. The molecule has 3 saturated heterocycles. The van der Waals surface area contributed by atoms with Crippen LogP contribution in [-0.4, -0.2) is 86.6 Å². The number of barbiturate groups is 1. The molecule has 15 nitrogen and oxygen atoms in total. The molecule has 0 saturated carbocycles. The number of nitrogens with zero attached hydrogens (tertiary/aromatic N) is 3. The third-order valence-corrected chi connectivity index (χ3v) is 6.34. The van der Waals surface area contributed by atoms with Crippen LogP contribution in [0.1, 0.15) is 58.9 Å². The van der Waals surface area contributed by atoms with Crippen LogP contribution in [0.4, 0.5) is 9.59 Å². The number of piperidine rings is 2. The lowest BCUT2D eigenvalue weighted by atomic mass is 10.0. The number of likely N-dealkylation sites (tertiary alicyclic amines) is 1. The normalized spacial score (nSPS) is 18.3. The first-order chi connectivity index (χ1) is 19.4. The number of ether oxygens (including phenoxy) is 1. The van der Waals surface area contributed by atoms with E-state index in [1.165, 1.54) is 10.6 Å². The van der Waals surface area contributed by atoms with Crippen molar-refractivity contribution in [2.75, 3.05) is 26.2 Å². The molecule has 43 heavy (non-hydrogen) atoms. The second-order valence-corrected chi connectivity index (χ2v) is 17.5. The zero-order valence-electron chi connectivity index (χ0n) is 23.7. The standard InChI is InChI=1S/C14H21N3O5.C9H12ClN3O2.Cl3OP.H2O/c1-14(2,3)22-13(21)16-6-4-9(5-7-16)17-11(19)8-10(18)15-12(17)20;10-7-5-8(14)13(9(15)12-7)6-1-3-11-4-2-6;1-5(2,3)4;/h9H,4-8H2,1-3H3,(H,15,18,20);5-6,11H,1-4H2,(H,12,15);;1H2. The summed E-state index contributed by atoms with van der Waals surface area (Å²) in [6.07, 6.45) is 1.85. The molecular formula is C23H35Cl4N6O9P. The quantitative estimate of drug-likeness (QED) is 0.233. The second-order valence-electron chi connectivity index (χ2n) is 10.5. The van der Waals surface area contributed by atoms with E-state index in [4.69, 9.17) is 16.3 Å². The number of amides is 5. The van der Waals surface area contributed by atoms with Gasteiger partial charge in [-0.1, -0.05) is 11.6 Å². The number of carbonyl (C=O) groups is 4. The lowest BCUT2D eigenvalue weighted by Crippen LogP contribution is -2.59. The van der Waals surface area contributed by atoms with Crippen LogP contribution < -0.4 is 21.9 Å². The predicted octanol–water partition coefficient (Wildman–Crippen LogP) is 2.96. The van der Waals surface area contributed by atoms with Gasteiger partial charge >= 0.3 is 23.0 Å². The first-order valence-corrected chi connectivity index (χ1v) is 17.7. The fourth-order valence-corrected chi connectivity index (χ4v) is 4.62. The SMILES string of the molecule is CC(C)(C)OC(=O)N1CCC(N2C(=O)CC(=O)NC2=O)CC1.O.O=P(Cl)(Cl)Cl.O=c1cc(Cl)[nH]c(=O)n1C1CCNCC1. The summed E-state index contributed by atoms with van der Waals surface area (Å²) in [5.41, 5.74) is -1.30. The van der Waals surface area contributed by atoms with E-state index in [9.17, 15) is 33.3 Å². The van der Waals surface area contributed by atoms with Gasteiger partial charge in [-0.05, 0) is 93.3 Å². The Bertz CT molecular complexity index is 1260. The van der Waals surface area contributed by atoms with Gasteiger partial charge in [-0.25, -0.2) is 14.4 Å². The summed E-state index contributed by atoms with van der Waals surface area (Å²) in [7, 11) is 0. The molecular weight excluding hydrogens is 677 g/mol. The van der Waals surface area contributed by atoms with Gasteiger partial charge in [0.1, 0.15) is 17.2 Å². The van der Waals surface area contributed by atoms with Crippen LogP contribution in [0.2, 0.25) is 5.15 Å². The molecule has 3 aliphatic heterocycles. The molecule has 0 aliphatic carbocycles. The highest BCUT2D eigenvalue weighted by Gasteiger charge is 2.38. The van der Waals surface area contributed by atoms with E-state index in [1.54, 1.807) is 25.7 Å². The molecule has 0 aromatic carbocycles. The van der Waals surface area contributed by atoms with E-state index >= 15 is 0 Å². The van der Waals surface area contributed by atoms with Crippen LogP contribution in [0.3, 0.4) is 0 Å². The summed E-state index contributed by atoms with van der Waals surface area (Å²) < 4.78 is 16.1. The lowest BCUT2D eigenvalue weighted by Gasteiger charge is -2.38. The highest BCUT2D eigenvalue weighted by molar-refractivity contribution is 8.24. The summed E-state index contributed by atoms with van der Waals surface area (Å²) in [5.74, 6) is -1.05. The van der Waals surface area contributed by atoms with E-state index in [0.717, 1.165) is 30.8 Å². The zero-order chi connectivity index (χ0) is 31.8. The van der Waals surface area contributed by atoms with Gasteiger partial charge in [0.15, 0.2) is 0 Å². The molecule has 0 bridgehead atoms. The molecule has 0 spiro atoms. The third-order valence-electron chi connectivity index (χ3n) is 6.13. The third kappa shape index (κ3) is 13.6. The smallest absolute Gasteiger partial charge is 0.410 e. The number of aromatic nitrogens is 2. The van der Waals surface area contributed by atoms with E-state index in [2.05, 4.69) is 49.3 Å². The molecule has 4 heterocycles. The second kappa shape index (κ2) is 16.8. The molecule has 3 fully saturated rings. The summed E-state index contributed by atoms with van der Waals surface area (Å²) >= 11 is 19.4. The Morgan fingerprint density at radius 3 is 1.98 bits per heavy atom. The number of rotatable bonds is 2. The predicted molar refractivity (Wildman–Crippen MR) is 162 cm³/mol. The topological polar surface area (TPSA) is 211 Å². The average molecular weight is 712 g/mol. The zero-order valence-corrected chi connectivity index (χ0v) is 27.6. The van der Waals surface area contributed by atoms with E-state index in [1.807, 2.05) is 0 Å².